The van der Waals surface area contributed by atoms with Crippen LogP contribution in [-0.4, -0.2) is 21.4 Å². The first kappa shape index (κ1) is 17.0. The zero-order valence-corrected chi connectivity index (χ0v) is 16.0. The van der Waals surface area contributed by atoms with E-state index in [1.807, 2.05) is 11.3 Å². The molecule has 4 nitrogen and oxygen atoms in total. The Kier molecular flexibility index (Phi) is 4.78. The van der Waals surface area contributed by atoms with Crippen LogP contribution in [-0.2, 0) is 19.5 Å². The Morgan fingerprint density at radius 1 is 1.28 bits per heavy atom. The standard InChI is InChI=1S/C20H27N3OS/c1-13-10-16(25-14(13)2)11-23-9-8-17-18(12-23)21-19(22-20(17)24)15-6-4-3-5-7-15/h10,15H,3-9,11-12H2,1-2H3,(H,21,22,24). The molecule has 1 aliphatic heterocycles. The van der Waals surface area contributed by atoms with Gasteiger partial charge in [-0.1, -0.05) is 19.3 Å². The second kappa shape index (κ2) is 7.04. The molecule has 0 bridgehead atoms. The van der Waals surface area contributed by atoms with Crippen LogP contribution in [0.5, 0.6) is 0 Å². The molecule has 1 aliphatic carbocycles. The minimum absolute atomic E-state index is 0.105. The third-order valence-electron chi connectivity index (χ3n) is 5.76. The Hall–Kier alpha value is -1.46. The lowest BCUT2D eigenvalue weighted by Gasteiger charge is -2.28. The summed E-state index contributed by atoms with van der Waals surface area (Å²) in [4.78, 5) is 25.8. The summed E-state index contributed by atoms with van der Waals surface area (Å²) in [5.41, 5.74) is 3.41. The Balaban J connectivity index is 1.54. The van der Waals surface area contributed by atoms with Crippen LogP contribution < -0.4 is 5.56 Å². The van der Waals surface area contributed by atoms with Gasteiger partial charge in [0.05, 0.1) is 5.69 Å². The molecule has 1 fully saturated rings. The minimum Gasteiger partial charge on any atom is -0.310 e. The van der Waals surface area contributed by atoms with Gasteiger partial charge in [0.2, 0.25) is 0 Å². The average molecular weight is 358 g/mol. The van der Waals surface area contributed by atoms with Crippen molar-refractivity contribution in [3.8, 4) is 0 Å². The second-order valence-corrected chi connectivity index (χ2v) is 8.96. The van der Waals surface area contributed by atoms with Gasteiger partial charge < -0.3 is 4.98 Å². The van der Waals surface area contributed by atoms with Crippen LogP contribution >= 0.6 is 11.3 Å². The van der Waals surface area contributed by atoms with Crippen LogP contribution in [0.2, 0.25) is 0 Å². The number of nitrogens with one attached hydrogen (secondary N) is 1. The number of rotatable bonds is 3. The summed E-state index contributed by atoms with van der Waals surface area (Å²) in [6.45, 7) is 7.07. The fourth-order valence-corrected chi connectivity index (χ4v) is 5.26. The normalized spacial score (nSPS) is 19.1. The van der Waals surface area contributed by atoms with Crippen molar-refractivity contribution in [2.24, 2.45) is 0 Å². The molecule has 0 amide bonds. The van der Waals surface area contributed by atoms with Crippen molar-refractivity contribution < 1.29 is 0 Å². The Morgan fingerprint density at radius 3 is 2.80 bits per heavy atom. The zero-order chi connectivity index (χ0) is 17.4. The van der Waals surface area contributed by atoms with Crippen LogP contribution in [0.3, 0.4) is 0 Å². The van der Waals surface area contributed by atoms with Gasteiger partial charge in [0.1, 0.15) is 5.82 Å². The van der Waals surface area contributed by atoms with Crippen molar-refractivity contribution in [1.82, 2.24) is 14.9 Å². The average Bonchev–Trinajstić information content (AvgIpc) is 2.92. The SMILES string of the molecule is Cc1cc(CN2CCc3c(nc(C4CCCCC4)[nH]c3=O)C2)sc1C. The van der Waals surface area contributed by atoms with Crippen LogP contribution in [0.15, 0.2) is 10.9 Å². The summed E-state index contributed by atoms with van der Waals surface area (Å²) in [6, 6.07) is 2.30. The number of H-pyrrole nitrogens is 1. The van der Waals surface area contributed by atoms with E-state index in [1.165, 1.54) is 47.4 Å². The number of thiophene rings is 1. The molecular formula is C20H27N3OS. The number of hydrogen-bond acceptors (Lipinski definition) is 4. The largest absolute Gasteiger partial charge is 0.310 e. The van der Waals surface area contributed by atoms with Crippen LogP contribution in [0.1, 0.15) is 70.4 Å². The minimum atomic E-state index is 0.105. The van der Waals surface area contributed by atoms with Crippen molar-refractivity contribution in [1.29, 1.82) is 0 Å². The maximum absolute atomic E-state index is 12.5. The number of nitrogens with zero attached hydrogens (tertiary/aromatic N) is 2. The van der Waals surface area contributed by atoms with E-state index in [2.05, 4.69) is 29.8 Å². The lowest BCUT2D eigenvalue weighted by molar-refractivity contribution is 0.241. The molecule has 2 aromatic rings. The Morgan fingerprint density at radius 2 is 2.08 bits per heavy atom. The molecule has 0 unspecified atom stereocenters. The van der Waals surface area contributed by atoms with Gasteiger partial charge in [-0.05, 0) is 44.7 Å². The highest BCUT2D eigenvalue weighted by atomic mass is 32.1. The molecule has 2 aliphatic rings. The highest BCUT2D eigenvalue weighted by Gasteiger charge is 2.24. The van der Waals surface area contributed by atoms with Gasteiger partial charge in [0.25, 0.3) is 5.56 Å². The van der Waals surface area contributed by atoms with Crippen LogP contribution in [0.25, 0.3) is 0 Å². The van der Waals surface area contributed by atoms with E-state index in [4.69, 9.17) is 4.98 Å². The lowest BCUT2D eigenvalue weighted by atomic mass is 9.88. The summed E-state index contributed by atoms with van der Waals surface area (Å²) >= 11 is 1.89. The zero-order valence-electron chi connectivity index (χ0n) is 15.2. The van der Waals surface area contributed by atoms with E-state index >= 15 is 0 Å². The molecule has 25 heavy (non-hydrogen) atoms. The first-order valence-corrected chi connectivity index (χ1v) is 10.3. The van der Waals surface area contributed by atoms with E-state index in [1.54, 1.807) is 0 Å². The van der Waals surface area contributed by atoms with Crippen molar-refractivity contribution in [2.75, 3.05) is 6.54 Å². The molecule has 1 N–H and O–H groups in total. The van der Waals surface area contributed by atoms with E-state index < -0.39 is 0 Å². The summed E-state index contributed by atoms with van der Waals surface area (Å²) in [5, 5.41) is 0. The fraction of sp³-hybridized carbons (Fsp3) is 0.600. The molecule has 3 heterocycles. The maximum Gasteiger partial charge on any atom is 0.254 e. The Labute approximate surface area is 153 Å². The van der Waals surface area contributed by atoms with E-state index in [0.717, 1.165) is 43.1 Å². The first-order chi connectivity index (χ1) is 12.1. The third kappa shape index (κ3) is 3.58. The summed E-state index contributed by atoms with van der Waals surface area (Å²) in [7, 11) is 0. The second-order valence-electron chi connectivity index (χ2n) is 7.62. The molecule has 2 aromatic heterocycles. The smallest absolute Gasteiger partial charge is 0.254 e. The molecule has 0 radical (unpaired) electrons. The van der Waals surface area contributed by atoms with Gasteiger partial charge in [0.15, 0.2) is 0 Å². The van der Waals surface area contributed by atoms with Gasteiger partial charge in [0, 0.05) is 40.9 Å². The molecule has 0 aromatic carbocycles. The van der Waals surface area contributed by atoms with Crippen molar-refractivity contribution >= 4 is 11.3 Å². The molecule has 1 saturated carbocycles. The molecule has 0 spiro atoms. The topological polar surface area (TPSA) is 49.0 Å². The van der Waals surface area contributed by atoms with Crippen molar-refractivity contribution in [3.63, 3.8) is 0 Å². The van der Waals surface area contributed by atoms with Crippen molar-refractivity contribution in [3.05, 3.63) is 48.8 Å². The predicted octanol–water partition coefficient (Wildman–Crippen LogP) is 4.05. The van der Waals surface area contributed by atoms with Crippen molar-refractivity contribution in [2.45, 2.75) is 71.4 Å². The molecular weight excluding hydrogens is 330 g/mol. The summed E-state index contributed by atoms with van der Waals surface area (Å²) in [6.07, 6.45) is 6.98. The molecule has 4 rings (SSSR count). The van der Waals surface area contributed by atoms with E-state index in [-0.39, 0.29) is 5.56 Å². The number of fused-ring (bicyclic) bond motifs is 1. The monoisotopic (exact) mass is 357 g/mol. The van der Waals surface area contributed by atoms with Gasteiger partial charge in [-0.2, -0.15) is 0 Å². The molecule has 0 saturated heterocycles. The molecule has 5 heteroatoms. The van der Waals surface area contributed by atoms with Crippen LogP contribution in [0, 0.1) is 13.8 Å². The van der Waals surface area contributed by atoms with Gasteiger partial charge in [-0.15, -0.1) is 11.3 Å². The first-order valence-electron chi connectivity index (χ1n) is 9.50. The highest BCUT2D eigenvalue weighted by Crippen LogP contribution is 2.31. The van der Waals surface area contributed by atoms with E-state index in [0.29, 0.717) is 5.92 Å². The predicted molar refractivity (Wildman–Crippen MR) is 102 cm³/mol. The molecule has 0 atom stereocenters. The highest BCUT2D eigenvalue weighted by molar-refractivity contribution is 7.12. The maximum atomic E-state index is 12.5. The van der Waals surface area contributed by atoms with Gasteiger partial charge >= 0.3 is 0 Å². The fourth-order valence-electron chi connectivity index (χ4n) is 4.17. The van der Waals surface area contributed by atoms with E-state index in [9.17, 15) is 4.79 Å². The van der Waals surface area contributed by atoms with Gasteiger partial charge in [-0.25, -0.2) is 4.98 Å². The van der Waals surface area contributed by atoms with Crippen LogP contribution in [0.4, 0.5) is 0 Å². The lowest BCUT2D eigenvalue weighted by Crippen LogP contribution is -2.35. The number of aromatic amines is 1. The third-order valence-corrected chi connectivity index (χ3v) is 6.90. The number of aromatic nitrogens is 2. The quantitative estimate of drug-likeness (QED) is 0.901. The summed E-state index contributed by atoms with van der Waals surface area (Å²) < 4.78 is 0. The Bertz CT molecular complexity index is 797. The number of hydrogen-bond donors (Lipinski definition) is 1. The summed E-state index contributed by atoms with van der Waals surface area (Å²) in [5.74, 6) is 1.39. The van der Waals surface area contributed by atoms with Gasteiger partial charge in [-0.3, -0.25) is 9.69 Å². The number of aryl methyl sites for hydroxylation is 2. The molecule has 134 valence electrons.